The van der Waals surface area contributed by atoms with E-state index in [-0.39, 0.29) is 29.6 Å². The molecule has 4 aliphatic rings. The Kier molecular flexibility index (Phi) is 5.13. The summed E-state index contributed by atoms with van der Waals surface area (Å²) in [5, 5.41) is 8.56. The van der Waals surface area contributed by atoms with E-state index in [0.717, 1.165) is 37.0 Å². The average molecular weight is 383 g/mol. The van der Waals surface area contributed by atoms with Gasteiger partial charge in [0, 0.05) is 36.7 Å². The van der Waals surface area contributed by atoms with Crippen LogP contribution < -0.4 is 16.0 Å². The third kappa shape index (κ3) is 4.05. The minimum absolute atomic E-state index is 0.127. The lowest BCUT2D eigenvalue weighted by molar-refractivity contribution is -0.146. The molecule has 0 saturated heterocycles. The summed E-state index contributed by atoms with van der Waals surface area (Å²) in [6.07, 6.45) is 7.32. The van der Waals surface area contributed by atoms with E-state index in [4.69, 9.17) is 0 Å². The van der Waals surface area contributed by atoms with E-state index in [1.807, 2.05) is 0 Å². The summed E-state index contributed by atoms with van der Waals surface area (Å²) >= 11 is 0. The van der Waals surface area contributed by atoms with Crippen molar-refractivity contribution in [1.82, 2.24) is 5.32 Å². The summed E-state index contributed by atoms with van der Waals surface area (Å²) in [7, 11) is 0. The van der Waals surface area contributed by atoms with Gasteiger partial charge in [0.1, 0.15) is 0 Å². The van der Waals surface area contributed by atoms with Gasteiger partial charge in [-0.25, -0.2) is 0 Å². The maximum absolute atomic E-state index is 12.9. The Hall–Kier alpha value is -2.37. The van der Waals surface area contributed by atoms with Gasteiger partial charge in [-0.15, -0.1) is 0 Å². The van der Waals surface area contributed by atoms with Gasteiger partial charge in [0.2, 0.25) is 17.7 Å². The molecule has 0 aromatic heterocycles. The zero-order valence-corrected chi connectivity index (χ0v) is 16.4. The van der Waals surface area contributed by atoms with Crippen LogP contribution in [0.4, 0.5) is 11.4 Å². The highest BCUT2D eigenvalue weighted by Gasteiger charge is 2.54. The number of benzene rings is 1. The first-order chi connectivity index (χ1) is 13.4. The molecule has 6 nitrogen and oxygen atoms in total. The number of nitrogens with one attached hydrogen (secondary N) is 3. The summed E-state index contributed by atoms with van der Waals surface area (Å²) in [5.74, 6) is 2.12. The van der Waals surface area contributed by atoms with Crippen molar-refractivity contribution < 1.29 is 14.4 Å². The van der Waals surface area contributed by atoms with Crippen molar-refractivity contribution in [2.24, 2.45) is 23.2 Å². The van der Waals surface area contributed by atoms with E-state index in [9.17, 15) is 14.4 Å². The van der Waals surface area contributed by atoms with Gasteiger partial charge in [-0.05, 0) is 80.5 Å². The van der Waals surface area contributed by atoms with Crippen molar-refractivity contribution in [1.29, 1.82) is 0 Å². The van der Waals surface area contributed by atoms with Crippen molar-refractivity contribution in [2.45, 2.75) is 51.9 Å². The number of rotatable bonds is 6. The molecule has 4 bridgehead atoms. The van der Waals surface area contributed by atoms with E-state index in [0.29, 0.717) is 17.9 Å². The van der Waals surface area contributed by atoms with Crippen LogP contribution in [0, 0.1) is 23.2 Å². The first-order valence-electron chi connectivity index (χ1n) is 10.4. The highest BCUT2D eigenvalue weighted by Crippen LogP contribution is 2.60. The second-order valence-electron chi connectivity index (χ2n) is 9.01. The second-order valence-corrected chi connectivity index (χ2v) is 9.01. The van der Waals surface area contributed by atoms with Gasteiger partial charge >= 0.3 is 0 Å². The smallest absolute Gasteiger partial charge is 0.226 e. The van der Waals surface area contributed by atoms with Crippen LogP contribution in [0.1, 0.15) is 51.9 Å². The fourth-order valence-corrected chi connectivity index (χ4v) is 5.93. The lowest BCUT2D eigenvalue weighted by Crippen LogP contribution is -2.53. The quantitative estimate of drug-likeness (QED) is 0.704. The van der Waals surface area contributed by atoms with E-state index < -0.39 is 0 Å². The summed E-state index contributed by atoms with van der Waals surface area (Å²) in [6.45, 7) is 1.82. The molecule has 6 heteroatoms. The van der Waals surface area contributed by atoms with Crippen molar-refractivity contribution in [3.05, 3.63) is 24.3 Å². The fourth-order valence-electron chi connectivity index (χ4n) is 5.93. The van der Waals surface area contributed by atoms with Crippen LogP contribution in [0.3, 0.4) is 0 Å². The Morgan fingerprint density at radius 2 is 1.39 bits per heavy atom. The number of hydrogen-bond donors (Lipinski definition) is 3. The molecule has 0 unspecified atom stereocenters. The van der Waals surface area contributed by atoms with E-state index in [1.165, 1.54) is 26.2 Å². The van der Waals surface area contributed by atoms with E-state index in [2.05, 4.69) is 16.0 Å². The first kappa shape index (κ1) is 19.0. The maximum atomic E-state index is 12.9. The van der Waals surface area contributed by atoms with Gasteiger partial charge < -0.3 is 16.0 Å². The molecule has 0 heterocycles. The Bertz CT molecular complexity index is 736. The molecular formula is C22H29N3O3. The van der Waals surface area contributed by atoms with Gasteiger partial charge in [-0.1, -0.05) is 0 Å². The molecule has 4 fully saturated rings. The summed E-state index contributed by atoms with van der Waals surface area (Å²) in [5.41, 5.74) is 1.20. The Labute approximate surface area is 165 Å². The van der Waals surface area contributed by atoms with Crippen LogP contribution in [-0.2, 0) is 14.4 Å². The Morgan fingerprint density at radius 3 is 1.89 bits per heavy atom. The predicted molar refractivity (Wildman–Crippen MR) is 108 cm³/mol. The summed E-state index contributed by atoms with van der Waals surface area (Å²) < 4.78 is 0. The van der Waals surface area contributed by atoms with Crippen LogP contribution in [0.15, 0.2) is 24.3 Å². The number of hydrogen-bond acceptors (Lipinski definition) is 3. The minimum Gasteiger partial charge on any atom is -0.355 e. The number of amides is 3. The van der Waals surface area contributed by atoms with Crippen LogP contribution in [0.2, 0.25) is 0 Å². The zero-order valence-electron chi connectivity index (χ0n) is 16.4. The molecule has 150 valence electrons. The third-order valence-electron chi connectivity index (χ3n) is 6.65. The van der Waals surface area contributed by atoms with Crippen molar-refractivity contribution in [3.63, 3.8) is 0 Å². The van der Waals surface area contributed by atoms with Crippen LogP contribution in [0.5, 0.6) is 0 Å². The molecule has 3 amide bonds. The number of carbonyl (C=O) groups excluding carboxylic acids is 3. The molecule has 0 atom stereocenters. The third-order valence-corrected chi connectivity index (χ3v) is 6.65. The number of carbonyl (C=O) groups is 3. The van der Waals surface area contributed by atoms with Crippen molar-refractivity contribution >= 4 is 29.1 Å². The average Bonchev–Trinajstić information content (AvgIpc) is 2.61. The number of anilines is 2. The molecule has 4 saturated carbocycles. The molecular weight excluding hydrogens is 354 g/mol. The van der Waals surface area contributed by atoms with Gasteiger partial charge in [0.25, 0.3) is 0 Å². The fraction of sp³-hybridized carbons (Fsp3) is 0.591. The van der Waals surface area contributed by atoms with Crippen LogP contribution >= 0.6 is 0 Å². The molecule has 0 radical (unpaired) electrons. The van der Waals surface area contributed by atoms with Crippen LogP contribution in [0.25, 0.3) is 0 Å². The Morgan fingerprint density at radius 1 is 0.893 bits per heavy atom. The lowest BCUT2D eigenvalue weighted by Gasteiger charge is -2.55. The first-order valence-corrected chi connectivity index (χ1v) is 10.4. The van der Waals surface area contributed by atoms with Gasteiger partial charge in [0.05, 0.1) is 0 Å². The molecule has 1 aromatic carbocycles. The minimum atomic E-state index is -0.162. The monoisotopic (exact) mass is 383 g/mol. The molecule has 0 spiro atoms. The normalized spacial score (nSPS) is 30.0. The predicted octanol–water partition coefficient (Wildman–Crippen LogP) is 3.31. The highest BCUT2D eigenvalue weighted by atomic mass is 16.2. The van der Waals surface area contributed by atoms with Crippen molar-refractivity contribution in [2.75, 3.05) is 17.2 Å². The van der Waals surface area contributed by atoms with Gasteiger partial charge in [-0.2, -0.15) is 0 Å². The Balaban J connectivity index is 1.23. The highest BCUT2D eigenvalue weighted by molar-refractivity contribution is 5.92. The topological polar surface area (TPSA) is 87.3 Å². The molecule has 0 aliphatic heterocycles. The van der Waals surface area contributed by atoms with Crippen molar-refractivity contribution in [3.8, 4) is 0 Å². The maximum Gasteiger partial charge on any atom is 0.226 e. The van der Waals surface area contributed by atoms with Gasteiger partial charge in [0.15, 0.2) is 0 Å². The lowest BCUT2D eigenvalue weighted by atomic mass is 9.49. The largest absolute Gasteiger partial charge is 0.355 e. The summed E-state index contributed by atoms with van der Waals surface area (Å²) in [4.78, 5) is 36.1. The zero-order chi connectivity index (χ0) is 19.7. The van der Waals surface area contributed by atoms with Gasteiger partial charge in [-0.3, -0.25) is 14.4 Å². The standard InChI is InChI=1S/C22H29N3O3/c1-14(26)24-18-2-4-19(5-3-18)25-20(27)6-7-23-21(28)22-11-15-8-16(12-22)10-17(9-15)13-22/h2-5,15-17H,6-13H2,1H3,(H,23,28)(H,24,26)(H,25,27). The second kappa shape index (κ2) is 7.57. The van der Waals surface area contributed by atoms with E-state index in [1.54, 1.807) is 24.3 Å². The van der Waals surface area contributed by atoms with Crippen LogP contribution in [-0.4, -0.2) is 24.3 Å². The summed E-state index contributed by atoms with van der Waals surface area (Å²) in [6, 6.07) is 6.98. The molecule has 1 aromatic rings. The molecule has 5 rings (SSSR count). The molecule has 3 N–H and O–H groups in total. The van der Waals surface area contributed by atoms with E-state index >= 15 is 0 Å². The molecule has 28 heavy (non-hydrogen) atoms. The molecule has 4 aliphatic carbocycles. The SMILES string of the molecule is CC(=O)Nc1ccc(NC(=O)CCNC(=O)C23CC4CC(CC(C4)C2)C3)cc1.